The lowest BCUT2D eigenvalue weighted by molar-refractivity contribution is 0.583. The maximum atomic E-state index is 11.3. The molecule has 0 radical (unpaired) electrons. The van der Waals surface area contributed by atoms with Crippen LogP contribution in [0.4, 0.5) is 0 Å². The van der Waals surface area contributed by atoms with Gasteiger partial charge in [-0.3, -0.25) is 9.79 Å². The summed E-state index contributed by atoms with van der Waals surface area (Å²) in [5.41, 5.74) is 3.10. The zero-order valence-electron chi connectivity index (χ0n) is 10.5. The van der Waals surface area contributed by atoms with Crippen LogP contribution in [0.25, 0.3) is 0 Å². The molecule has 1 aliphatic rings. The predicted molar refractivity (Wildman–Crippen MR) is 72.4 cm³/mol. The monoisotopic (exact) mass is 248 g/mol. The van der Waals surface area contributed by atoms with E-state index in [0.717, 1.165) is 12.8 Å². The van der Waals surface area contributed by atoms with Gasteiger partial charge in [0, 0.05) is 6.07 Å². The Balaban J connectivity index is 2.18. The molecule has 1 saturated carbocycles. The van der Waals surface area contributed by atoms with E-state index in [0.29, 0.717) is 17.6 Å². The van der Waals surface area contributed by atoms with Crippen molar-refractivity contribution in [2.45, 2.75) is 44.6 Å². The Morgan fingerprint density at radius 2 is 2.00 bits per heavy atom. The van der Waals surface area contributed by atoms with E-state index in [2.05, 4.69) is 15.4 Å². The molecule has 98 valence electrons. The number of H-pyrrole nitrogens is 1. The number of pyridine rings is 1. The number of aliphatic imine (C=N–C) groups is 1. The fraction of sp³-hybridized carbons (Fsp3) is 0.538. The molecule has 1 aromatic heterocycles. The van der Waals surface area contributed by atoms with E-state index < -0.39 is 0 Å². The van der Waals surface area contributed by atoms with Crippen LogP contribution in [0.3, 0.4) is 0 Å². The normalized spacial score (nSPS) is 18.4. The van der Waals surface area contributed by atoms with Gasteiger partial charge in [0.15, 0.2) is 5.84 Å². The number of hydrogen-bond donors (Lipinski definition) is 3. The lowest BCUT2D eigenvalue weighted by Gasteiger charge is -2.12. The van der Waals surface area contributed by atoms with Crippen LogP contribution in [0, 0.1) is 0 Å². The van der Waals surface area contributed by atoms with Gasteiger partial charge in [-0.05, 0) is 18.9 Å². The van der Waals surface area contributed by atoms with E-state index in [1.807, 2.05) is 0 Å². The molecule has 0 amide bonds. The van der Waals surface area contributed by atoms with Gasteiger partial charge < -0.3 is 10.4 Å². The maximum Gasteiger partial charge on any atom is 0.248 e. The molecular weight excluding hydrogens is 228 g/mol. The summed E-state index contributed by atoms with van der Waals surface area (Å²) >= 11 is 0. The van der Waals surface area contributed by atoms with Gasteiger partial charge in [-0.2, -0.15) is 0 Å². The summed E-state index contributed by atoms with van der Waals surface area (Å²) in [6.07, 6.45) is 7.22. The van der Waals surface area contributed by atoms with Gasteiger partial charge in [-0.25, -0.2) is 5.84 Å². The molecule has 1 aromatic rings. The van der Waals surface area contributed by atoms with E-state index in [-0.39, 0.29) is 5.56 Å². The van der Waals surface area contributed by atoms with Gasteiger partial charge >= 0.3 is 0 Å². The fourth-order valence-electron chi connectivity index (χ4n) is 2.34. The number of aromatic amines is 1. The Morgan fingerprint density at radius 1 is 1.28 bits per heavy atom. The Kier molecular flexibility index (Phi) is 4.52. The second kappa shape index (κ2) is 6.35. The number of nitrogens with two attached hydrogens (primary N) is 1. The molecule has 0 saturated heterocycles. The van der Waals surface area contributed by atoms with E-state index in [9.17, 15) is 4.79 Å². The van der Waals surface area contributed by atoms with E-state index in [4.69, 9.17) is 5.84 Å². The molecule has 0 unspecified atom stereocenters. The average Bonchev–Trinajstić information content (AvgIpc) is 2.64. The van der Waals surface area contributed by atoms with Crippen LogP contribution in [0.1, 0.15) is 44.2 Å². The van der Waals surface area contributed by atoms with Crippen molar-refractivity contribution in [2.24, 2.45) is 10.8 Å². The van der Waals surface area contributed by atoms with Crippen LogP contribution in [0.5, 0.6) is 0 Å². The van der Waals surface area contributed by atoms with Crippen molar-refractivity contribution >= 4 is 5.84 Å². The number of amidine groups is 1. The SMILES string of the molecule is NNC(=NC1CCCCCC1)c1cccc(=O)[nH]1. The first kappa shape index (κ1) is 12.8. The molecule has 0 aromatic carbocycles. The molecule has 0 atom stereocenters. The molecule has 1 heterocycles. The Hall–Kier alpha value is -1.62. The van der Waals surface area contributed by atoms with Gasteiger partial charge in [0.2, 0.25) is 5.56 Å². The summed E-state index contributed by atoms with van der Waals surface area (Å²) in [5.74, 6) is 6.08. The standard InChI is InChI=1S/C13H20N4O/c14-17-13(11-8-5-9-12(18)16-11)15-10-6-3-1-2-4-7-10/h5,8-10H,1-4,6-7,14H2,(H,15,17)(H,16,18). The summed E-state index contributed by atoms with van der Waals surface area (Å²) < 4.78 is 0. The molecule has 18 heavy (non-hydrogen) atoms. The lowest BCUT2D eigenvalue weighted by atomic mass is 10.1. The predicted octanol–water partition coefficient (Wildman–Crippen LogP) is 1.31. The van der Waals surface area contributed by atoms with Crippen molar-refractivity contribution in [1.82, 2.24) is 10.4 Å². The molecular formula is C13H20N4O. The van der Waals surface area contributed by atoms with Crippen LogP contribution in [-0.2, 0) is 0 Å². The van der Waals surface area contributed by atoms with Crippen molar-refractivity contribution in [3.05, 3.63) is 34.2 Å². The highest BCUT2D eigenvalue weighted by Gasteiger charge is 2.12. The van der Waals surface area contributed by atoms with Gasteiger partial charge in [0.25, 0.3) is 0 Å². The molecule has 1 aliphatic carbocycles. The van der Waals surface area contributed by atoms with Crippen LogP contribution in [-0.4, -0.2) is 16.9 Å². The number of hydrogen-bond acceptors (Lipinski definition) is 3. The highest BCUT2D eigenvalue weighted by molar-refractivity contribution is 5.96. The molecule has 4 N–H and O–H groups in total. The van der Waals surface area contributed by atoms with Crippen molar-refractivity contribution in [3.8, 4) is 0 Å². The first-order valence-corrected chi connectivity index (χ1v) is 6.54. The first-order chi connectivity index (χ1) is 8.79. The minimum absolute atomic E-state index is 0.142. The highest BCUT2D eigenvalue weighted by Crippen LogP contribution is 2.20. The second-order valence-corrected chi connectivity index (χ2v) is 4.70. The van der Waals surface area contributed by atoms with Crippen molar-refractivity contribution in [1.29, 1.82) is 0 Å². The lowest BCUT2D eigenvalue weighted by Crippen LogP contribution is -2.34. The third-order valence-corrected chi connectivity index (χ3v) is 3.30. The molecule has 5 nitrogen and oxygen atoms in total. The zero-order valence-corrected chi connectivity index (χ0v) is 10.5. The summed E-state index contributed by atoms with van der Waals surface area (Å²) in [7, 11) is 0. The Morgan fingerprint density at radius 3 is 2.61 bits per heavy atom. The van der Waals surface area contributed by atoms with E-state index in [1.54, 1.807) is 12.1 Å². The molecule has 1 fully saturated rings. The highest BCUT2D eigenvalue weighted by atomic mass is 16.1. The van der Waals surface area contributed by atoms with E-state index in [1.165, 1.54) is 31.7 Å². The minimum Gasteiger partial charge on any atom is -0.319 e. The smallest absolute Gasteiger partial charge is 0.248 e. The summed E-state index contributed by atoms with van der Waals surface area (Å²) in [5, 5.41) is 0. The number of rotatable bonds is 2. The van der Waals surface area contributed by atoms with Crippen molar-refractivity contribution in [2.75, 3.05) is 0 Å². The first-order valence-electron chi connectivity index (χ1n) is 6.54. The maximum absolute atomic E-state index is 11.3. The largest absolute Gasteiger partial charge is 0.319 e. The molecule has 0 bridgehead atoms. The molecule has 5 heteroatoms. The average molecular weight is 248 g/mol. The van der Waals surface area contributed by atoms with Crippen molar-refractivity contribution < 1.29 is 0 Å². The fourth-order valence-corrected chi connectivity index (χ4v) is 2.34. The molecule has 2 rings (SSSR count). The van der Waals surface area contributed by atoms with Gasteiger partial charge in [-0.15, -0.1) is 0 Å². The van der Waals surface area contributed by atoms with Crippen LogP contribution >= 0.6 is 0 Å². The van der Waals surface area contributed by atoms with Crippen LogP contribution in [0.15, 0.2) is 28.0 Å². The van der Waals surface area contributed by atoms with Gasteiger partial charge in [0.05, 0.1) is 11.7 Å². The second-order valence-electron chi connectivity index (χ2n) is 4.70. The number of aromatic nitrogens is 1. The number of hydrazine groups is 1. The van der Waals surface area contributed by atoms with E-state index >= 15 is 0 Å². The topological polar surface area (TPSA) is 83.3 Å². The molecule has 0 spiro atoms. The third-order valence-electron chi connectivity index (χ3n) is 3.30. The number of nitrogens with zero attached hydrogens (tertiary/aromatic N) is 1. The Labute approximate surface area is 106 Å². The van der Waals surface area contributed by atoms with Gasteiger partial charge in [0.1, 0.15) is 0 Å². The molecule has 0 aliphatic heterocycles. The zero-order chi connectivity index (χ0) is 12.8. The summed E-state index contributed by atoms with van der Waals surface area (Å²) in [6.45, 7) is 0. The van der Waals surface area contributed by atoms with Crippen LogP contribution < -0.4 is 16.8 Å². The Bertz CT molecular complexity index is 458. The van der Waals surface area contributed by atoms with Gasteiger partial charge in [-0.1, -0.05) is 31.7 Å². The van der Waals surface area contributed by atoms with Crippen LogP contribution in [0.2, 0.25) is 0 Å². The number of nitrogens with one attached hydrogen (secondary N) is 2. The quantitative estimate of drug-likeness (QED) is 0.242. The minimum atomic E-state index is -0.142. The summed E-state index contributed by atoms with van der Waals surface area (Å²) in [6, 6.07) is 5.29. The third kappa shape index (κ3) is 3.43. The summed E-state index contributed by atoms with van der Waals surface area (Å²) in [4.78, 5) is 18.6. The van der Waals surface area contributed by atoms with Crippen molar-refractivity contribution in [3.63, 3.8) is 0 Å².